The molecule has 0 aromatic carbocycles. The second-order valence-corrected chi connectivity index (χ2v) is 2.95. The van der Waals surface area contributed by atoms with Crippen molar-refractivity contribution < 1.29 is 0 Å². The van der Waals surface area contributed by atoms with Crippen LogP contribution in [0.3, 0.4) is 0 Å². The van der Waals surface area contributed by atoms with Crippen LogP contribution in [0.25, 0.3) is 0 Å². The maximum atomic E-state index is 5.34. The third-order valence-electron chi connectivity index (χ3n) is 1.56. The van der Waals surface area contributed by atoms with E-state index in [1.165, 1.54) is 0 Å². The monoisotopic (exact) mass is 181 g/mol. The molecule has 0 bridgehead atoms. The van der Waals surface area contributed by atoms with Gasteiger partial charge in [0.2, 0.25) is 0 Å². The molecule has 1 heterocycles. The molecule has 1 aromatic rings. The minimum absolute atomic E-state index is 0.144. The molecular weight excluding hydrogens is 170 g/mol. The van der Waals surface area contributed by atoms with E-state index < -0.39 is 0 Å². The molecular formula is C8H11N3S. The number of nitrogens with zero attached hydrogens (tertiary/aromatic N) is 1. The van der Waals surface area contributed by atoms with E-state index in [4.69, 9.17) is 18.0 Å². The molecule has 1 aromatic heterocycles. The molecule has 0 saturated carbocycles. The van der Waals surface area contributed by atoms with Crippen LogP contribution in [0.2, 0.25) is 0 Å². The zero-order valence-electron chi connectivity index (χ0n) is 6.82. The Morgan fingerprint density at radius 3 is 2.67 bits per heavy atom. The summed E-state index contributed by atoms with van der Waals surface area (Å²) in [5, 5.41) is 3.26. The largest absolute Gasteiger partial charge is 0.376 e. The standard InChI is InChI=1S/C8H11N3S/c1-6(11-8(9)12)7-2-4-10-5-3-7/h2-6H,1H3,(H3,9,11,12). The topological polar surface area (TPSA) is 50.9 Å². The van der Waals surface area contributed by atoms with Gasteiger partial charge in [0.15, 0.2) is 5.11 Å². The number of nitrogens with one attached hydrogen (secondary N) is 1. The Labute approximate surface area is 77.0 Å². The van der Waals surface area contributed by atoms with Crippen molar-refractivity contribution in [2.45, 2.75) is 13.0 Å². The summed E-state index contributed by atoms with van der Waals surface area (Å²) >= 11 is 4.72. The maximum Gasteiger partial charge on any atom is 0.164 e. The Kier molecular flexibility index (Phi) is 2.99. The van der Waals surface area contributed by atoms with Gasteiger partial charge in [-0.25, -0.2) is 0 Å². The quantitative estimate of drug-likeness (QED) is 0.668. The molecule has 0 fully saturated rings. The molecule has 0 aliphatic heterocycles. The van der Waals surface area contributed by atoms with Crippen LogP contribution >= 0.6 is 12.2 Å². The normalized spacial score (nSPS) is 12.1. The highest BCUT2D eigenvalue weighted by molar-refractivity contribution is 7.80. The molecule has 0 amide bonds. The molecule has 1 rings (SSSR count). The predicted molar refractivity (Wildman–Crippen MR) is 52.6 cm³/mol. The van der Waals surface area contributed by atoms with Crippen LogP contribution in [0.1, 0.15) is 18.5 Å². The number of pyridine rings is 1. The lowest BCUT2D eigenvalue weighted by Gasteiger charge is -2.12. The lowest BCUT2D eigenvalue weighted by atomic mass is 10.1. The number of nitrogens with two attached hydrogens (primary N) is 1. The van der Waals surface area contributed by atoms with Crippen LogP contribution in [-0.4, -0.2) is 10.1 Å². The molecule has 0 aliphatic carbocycles. The van der Waals surface area contributed by atoms with Gasteiger partial charge in [-0.1, -0.05) is 0 Å². The molecule has 0 aliphatic rings. The summed E-state index contributed by atoms with van der Waals surface area (Å²) in [5.41, 5.74) is 6.46. The molecule has 0 saturated heterocycles. The van der Waals surface area contributed by atoms with Crippen molar-refractivity contribution in [2.24, 2.45) is 5.73 Å². The molecule has 4 heteroatoms. The Morgan fingerprint density at radius 1 is 1.58 bits per heavy atom. The van der Waals surface area contributed by atoms with Crippen molar-refractivity contribution in [3.63, 3.8) is 0 Å². The summed E-state index contributed by atoms with van der Waals surface area (Å²) < 4.78 is 0. The fourth-order valence-electron chi connectivity index (χ4n) is 0.949. The Balaban J connectivity index is 2.65. The van der Waals surface area contributed by atoms with Crippen molar-refractivity contribution in [1.29, 1.82) is 0 Å². The fraction of sp³-hybridized carbons (Fsp3) is 0.250. The second-order valence-electron chi connectivity index (χ2n) is 2.51. The maximum absolute atomic E-state index is 5.34. The van der Waals surface area contributed by atoms with Gasteiger partial charge in [0.25, 0.3) is 0 Å². The van der Waals surface area contributed by atoms with E-state index in [0.717, 1.165) is 5.56 Å². The van der Waals surface area contributed by atoms with E-state index in [-0.39, 0.29) is 6.04 Å². The highest BCUT2D eigenvalue weighted by Crippen LogP contribution is 2.08. The summed E-state index contributed by atoms with van der Waals surface area (Å²) in [6.07, 6.45) is 3.49. The van der Waals surface area contributed by atoms with Crippen LogP contribution < -0.4 is 11.1 Å². The lowest BCUT2D eigenvalue weighted by molar-refractivity contribution is 0.718. The van der Waals surface area contributed by atoms with Crippen LogP contribution in [0, 0.1) is 0 Å². The number of hydrogen-bond acceptors (Lipinski definition) is 2. The molecule has 12 heavy (non-hydrogen) atoms. The van der Waals surface area contributed by atoms with Gasteiger partial charge in [0.1, 0.15) is 0 Å². The first-order chi connectivity index (χ1) is 5.70. The summed E-state index contributed by atoms with van der Waals surface area (Å²) in [6, 6.07) is 4.00. The number of hydrogen-bond donors (Lipinski definition) is 2. The fourth-order valence-corrected chi connectivity index (χ4v) is 1.13. The summed E-state index contributed by atoms with van der Waals surface area (Å²) in [5.74, 6) is 0. The predicted octanol–water partition coefficient (Wildman–Crippen LogP) is 0.976. The summed E-state index contributed by atoms with van der Waals surface area (Å²) in [4.78, 5) is 3.92. The van der Waals surface area contributed by atoms with Crippen LogP contribution in [0.5, 0.6) is 0 Å². The lowest BCUT2D eigenvalue weighted by Crippen LogP contribution is -2.31. The molecule has 3 nitrogen and oxygen atoms in total. The zero-order valence-corrected chi connectivity index (χ0v) is 7.64. The first kappa shape index (κ1) is 8.93. The average Bonchev–Trinajstić information content (AvgIpc) is 2.05. The summed E-state index contributed by atoms with van der Waals surface area (Å²) in [7, 11) is 0. The van der Waals surface area contributed by atoms with E-state index in [1.807, 2.05) is 19.1 Å². The van der Waals surface area contributed by atoms with Gasteiger partial charge in [0, 0.05) is 12.4 Å². The van der Waals surface area contributed by atoms with Gasteiger partial charge in [-0.05, 0) is 36.8 Å². The Morgan fingerprint density at radius 2 is 2.17 bits per heavy atom. The number of rotatable bonds is 2. The average molecular weight is 181 g/mol. The number of aromatic nitrogens is 1. The van der Waals surface area contributed by atoms with Gasteiger partial charge in [-0.15, -0.1) is 0 Å². The van der Waals surface area contributed by atoms with Gasteiger partial charge in [0.05, 0.1) is 6.04 Å². The van der Waals surface area contributed by atoms with Gasteiger partial charge in [-0.2, -0.15) is 0 Å². The van der Waals surface area contributed by atoms with Crippen molar-refractivity contribution in [1.82, 2.24) is 10.3 Å². The van der Waals surface area contributed by atoms with E-state index in [2.05, 4.69) is 10.3 Å². The van der Waals surface area contributed by atoms with Crippen molar-refractivity contribution >= 4 is 17.3 Å². The number of thiocarbonyl (C=S) groups is 1. The van der Waals surface area contributed by atoms with Crippen molar-refractivity contribution in [2.75, 3.05) is 0 Å². The van der Waals surface area contributed by atoms with Crippen LogP contribution in [-0.2, 0) is 0 Å². The van der Waals surface area contributed by atoms with Crippen LogP contribution in [0.15, 0.2) is 24.5 Å². The van der Waals surface area contributed by atoms with E-state index in [0.29, 0.717) is 5.11 Å². The van der Waals surface area contributed by atoms with E-state index in [1.54, 1.807) is 12.4 Å². The molecule has 1 atom stereocenters. The third-order valence-corrected chi connectivity index (χ3v) is 1.68. The first-order valence-electron chi connectivity index (χ1n) is 3.66. The van der Waals surface area contributed by atoms with Crippen molar-refractivity contribution in [3.8, 4) is 0 Å². The second kappa shape index (κ2) is 4.01. The molecule has 1 unspecified atom stereocenters. The SMILES string of the molecule is CC(NC(N)=S)c1ccncc1. The summed E-state index contributed by atoms with van der Waals surface area (Å²) in [6.45, 7) is 1.99. The third kappa shape index (κ3) is 2.47. The molecule has 0 radical (unpaired) electrons. The first-order valence-corrected chi connectivity index (χ1v) is 4.07. The minimum atomic E-state index is 0.144. The van der Waals surface area contributed by atoms with E-state index in [9.17, 15) is 0 Å². The molecule has 64 valence electrons. The highest BCUT2D eigenvalue weighted by Gasteiger charge is 2.03. The smallest absolute Gasteiger partial charge is 0.164 e. The molecule has 0 spiro atoms. The minimum Gasteiger partial charge on any atom is -0.376 e. The Bertz CT molecular complexity index is 260. The van der Waals surface area contributed by atoms with Crippen molar-refractivity contribution in [3.05, 3.63) is 30.1 Å². The van der Waals surface area contributed by atoms with Gasteiger partial charge < -0.3 is 11.1 Å². The highest BCUT2D eigenvalue weighted by atomic mass is 32.1. The van der Waals surface area contributed by atoms with E-state index >= 15 is 0 Å². The molecule has 3 N–H and O–H groups in total. The van der Waals surface area contributed by atoms with Gasteiger partial charge in [-0.3, -0.25) is 4.98 Å². The Hall–Kier alpha value is -1.16. The zero-order chi connectivity index (χ0) is 8.97. The van der Waals surface area contributed by atoms with Gasteiger partial charge >= 0.3 is 0 Å². The van der Waals surface area contributed by atoms with Crippen LogP contribution in [0.4, 0.5) is 0 Å².